The maximum Gasteiger partial charge on any atom is 0.337 e. The number of nitrogen functional groups attached to an aromatic ring is 1. The van der Waals surface area contributed by atoms with Crippen molar-refractivity contribution in [2.75, 3.05) is 30.9 Å². The van der Waals surface area contributed by atoms with Gasteiger partial charge in [0.25, 0.3) is 0 Å². The number of rotatable bonds is 6. The van der Waals surface area contributed by atoms with Gasteiger partial charge in [0, 0.05) is 31.1 Å². The molecule has 0 heterocycles. The van der Waals surface area contributed by atoms with Crippen LogP contribution in [0.15, 0.2) is 18.2 Å². The average molecular weight is 252 g/mol. The lowest BCUT2D eigenvalue weighted by molar-refractivity contribution is 0.0698. The van der Waals surface area contributed by atoms with E-state index in [1.807, 2.05) is 19.9 Å². The summed E-state index contributed by atoms with van der Waals surface area (Å²) >= 11 is 0. The van der Waals surface area contributed by atoms with Crippen molar-refractivity contribution in [3.8, 4) is 0 Å². The Morgan fingerprint density at radius 2 is 2.22 bits per heavy atom. The summed E-state index contributed by atoms with van der Waals surface area (Å²) in [6.45, 7) is 5.40. The van der Waals surface area contributed by atoms with Crippen molar-refractivity contribution >= 4 is 17.3 Å². The SMILES string of the molecule is CCN(c1ccc(N)c(C(=O)O)c1)C(C)COC. The second-order valence-corrected chi connectivity index (χ2v) is 4.17. The molecular weight excluding hydrogens is 232 g/mol. The Morgan fingerprint density at radius 1 is 1.56 bits per heavy atom. The molecule has 0 aliphatic carbocycles. The monoisotopic (exact) mass is 252 g/mol. The minimum atomic E-state index is -1.01. The third-order valence-electron chi connectivity index (χ3n) is 2.88. The van der Waals surface area contributed by atoms with Crippen molar-refractivity contribution in [1.29, 1.82) is 0 Å². The van der Waals surface area contributed by atoms with Crippen LogP contribution in [-0.4, -0.2) is 37.4 Å². The van der Waals surface area contributed by atoms with Crippen LogP contribution in [0.5, 0.6) is 0 Å². The first-order valence-corrected chi connectivity index (χ1v) is 5.89. The van der Waals surface area contributed by atoms with Crippen LogP contribution < -0.4 is 10.6 Å². The van der Waals surface area contributed by atoms with Crippen molar-refractivity contribution in [2.24, 2.45) is 0 Å². The van der Waals surface area contributed by atoms with Gasteiger partial charge in [-0.3, -0.25) is 0 Å². The topological polar surface area (TPSA) is 75.8 Å². The summed E-state index contributed by atoms with van der Waals surface area (Å²) in [7, 11) is 1.65. The van der Waals surface area contributed by atoms with E-state index in [4.69, 9.17) is 15.6 Å². The van der Waals surface area contributed by atoms with Gasteiger partial charge in [0.1, 0.15) is 0 Å². The molecule has 1 aromatic carbocycles. The Bertz CT molecular complexity index is 421. The molecule has 0 aliphatic rings. The number of nitrogens with zero attached hydrogens (tertiary/aromatic N) is 1. The number of carboxylic acids is 1. The van der Waals surface area contributed by atoms with Gasteiger partial charge in [0.2, 0.25) is 0 Å². The van der Waals surface area contributed by atoms with Crippen LogP contribution in [0.1, 0.15) is 24.2 Å². The van der Waals surface area contributed by atoms with Crippen LogP contribution in [0.4, 0.5) is 11.4 Å². The van der Waals surface area contributed by atoms with Gasteiger partial charge in [0.05, 0.1) is 12.2 Å². The van der Waals surface area contributed by atoms with Gasteiger partial charge in [0.15, 0.2) is 0 Å². The van der Waals surface area contributed by atoms with Crippen LogP contribution in [-0.2, 0) is 4.74 Å². The highest BCUT2D eigenvalue weighted by molar-refractivity contribution is 5.94. The van der Waals surface area contributed by atoms with Crippen molar-refractivity contribution in [2.45, 2.75) is 19.9 Å². The van der Waals surface area contributed by atoms with E-state index in [2.05, 4.69) is 4.90 Å². The molecule has 1 rings (SSSR count). The van der Waals surface area contributed by atoms with E-state index in [0.29, 0.717) is 6.61 Å². The van der Waals surface area contributed by atoms with Crippen molar-refractivity contribution < 1.29 is 14.6 Å². The molecule has 0 spiro atoms. The highest BCUT2D eigenvalue weighted by atomic mass is 16.5. The van der Waals surface area contributed by atoms with Crippen LogP contribution in [0.3, 0.4) is 0 Å². The van der Waals surface area contributed by atoms with Crippen molar-refractivity contribution in [1.82, 2.24) is 0 Å². The van der Waals surface area contributed by atoms with E-state index < -0.39 is 5.97 Å². The van der Waals surface area contributed by atoms with Gasteiger partial charge in [-0.1, -0.05) is 0 Å². The molecular formula is C13H20N2O3. The Morgan fingerprint density at radius 3 is 2.72 bits per heavy atom. The molecule has 0 bridgehead atoms. The number of benzene rings is 1. The predicted octanol–water partition coefficient (Wildman–Crippen LogP) is 1.83. The van der Waals surface area contributed by atoms with E-state index >= 15 is 0 Å². The zero-order valence-electron chi connectivity index (χ0n) is 11.0. The maximum atomic E-state index is 11.1. The Balaban J connectivity index is 3.07. The number of methoxy groups -OCH3 is 1. The predicted molar refractivity (Wildman–Crippen MR) is 72.2 cm³/mol. The van der Waals surface area contributed by atoms with Gasteiger partial charge >= 0.3 is 5.97 Å². The molecule has 0 saturated carbocycles. The van der Waals surface area contributed by atoms with Crippen LogP contribution in [0.2, 0.25) is 0 Å². The van der Waals surface area contributed by atoms with Crippen LogP contribution >= 0.6 is 0 Å². The molecule has 5 heteroatoms. The van der Waals surface area contributed by atoms with E-state index in [1.165, 1.54) is 0 Å². The second-order valence-electron chi connectivity index (χ2n) is 4.17. The van der Waals surface area contributed by atoms with Gasteiger partial charge in [-0.15, -0.1) is 0 Å². The van der Waals surface area contributed by atoms with Gasteiger partial charge < -0.3 is 20.5 Å². The number of likely N-dealkylation sites (N-methyl/N-ethyl adjacent to an activating group) is 1. The number of carboxylic acid groups (broad SMARTS) is 1. The first kappa shape index (κ1) is 14.3. The third kappa shape index (κ3) is 3.13. The largest absolute Gasteiger partial charge is 0.478 e. The molecule has 5 nitrogen and oxygen atoms in total. The normalized spacial score (nSPS) is 12.2. The second kappa shape index (κ2) is 6.26. The standard InChI is InChI=1S/C13H20N2O3/c1-4-15(9(2)8-18-3)10-5-6-12(14)11(7-10)13(16)17/h5-7,9H,4,8,14H2,1-3H3,(H,16,17). The number of aromatic carboxylic acids is 1. The Kier molecular flexibility index (Phi) is 4.97. The Labute approximate surface area is 107 Å². The van der Waals surface area contributed by atoms with Gasteiger partial charge in [-0.25, -0.2) is 4.79 Å². The molecule has 0 fully saturated rings. The molecule has 3 N–H and O–H groups in total. The summed E-state index contributed by atoms with van der Waals surface area (Å²) < 4.78 is 5.13. The third-order valence-corrected chi connectivity index (χ3v) is 2.88. The lowest BCUT2D eigenvalue weighted by Crippen LogP contribution is -2.36. The fourth-order valence-corrected chi connectivity index (χ4v) is 1.99. The highest BCUT2D eigenvalue weighted by Gasteiger charge is 2.16. The Hall–Kier alpha value is -1.75. The number of hydrogen-bond donors (Lipinski definition) is 2. The van der Waals surface area contributed by atoms with E-state index in [-0.39, 0.29) is 17.3 Å². The highest BCUT2D eigenvalue weighted by Crippen LogP contribution is 2.23. The first-order chi connectivity index (χ1) is 8.51. The molecule has 100 valence electrons. The summed E-state index contributed by atoms with van der Waals surface area (Å²) in [6.07, 6.45) is 0. The van der Waals surface area contributed by atoms with E-state index in [1.54, 1.807) is 19.2 Å². The summed E-state index contributed by atoms with van der Waals surface area (Å²) in [4.78, 5) is 13.1. The molecule has 0 saturated heterocycles. The van der Waals surface area contributed by atoms with Gasteiger partial charge in [-0.2, -0.15) is 0 Å². The zero-order chi connectivity index (χ0) is 13.7. The number of carbonyl (C=O) groups is 1. The van der Waals surface area contributed by atoms with E-state index in [9.17, 15) is 4.79 Å². The van der Waals surface area contributed by atoms with Crippen molar-refractivity contribution in [3.05, 3.63) is 23.8 Å². The number of hydrogen-bond acceptors (Lipinski definition) is 4. The summed E-state index contributed by atoms with van der Waals surface area (Å²) in [6, 6.07) is 5.23. The fourth-order valence-electron chi connectivity index (χ4n) is 1.99. The number of ether oxygens (including phenoxy) is 1. The molecule has 0 aliphatic heterocycles. The van der Waals surface area contributed by atoms with Gasteiger partial charge in [-0.05, 0) is 32.0 Å². The molecule has 1 aromatic rings. The summed E-state index contributed by atoms with van der Waals surface area (Å²) in [5.41, 5.74) is 6.90. The first-order valence-electron chi connectivity index (χ1n) is 5.89. The molecule has 0 amide bonds. The van der Waals surface area contributed by atoms with Crippen LogP contribution in [0, 0.1) is 0 Å². The minimum absolute atomic E-state index is 0.135. The number of nitrogens with two attached hydrogens (primary N) is 1. The molecule has 1 unspecified atom stereocenters. The maximum absolute atomic E-state index is 11.1. The molecule has 1 atom stereocenters. The number of anilines is 2. The summed E-state index contributed by atoms with van der Waals surface area (Å²) in [5, 5.41) is 9.06. The fraction of sp³-hybridized carbons (Fsp3) is 0.462. The zero-order valence-corrected chi connectivity index (χ0v) is 11.0. The van der Waals surface area contributed by atoms with E-state index in [0.717, 1.165) is 12.2 Å². The molecule has 18 heavy (non-hydrogen) atoms. The van der Waals surface area contributed by atoms with Crippen LogP contribution in [0.25, 0.3) is 0 Å². The summed E-state index contributed by atoms with van der Waals surface area (Å²) in [5.74, 6) is -1.01. The van der Waals surface area contributed by atoms with Crippen molar-refractivity contribution in [3.63, 3.8) is 0 Å². The lowest BCUT2D eigenvalue weighted by atomic mass is 10.1. The molecule has 0 radical (unpaired) electrons. The quantitative estimate of drug-likeness (QED) is 0.755. The lowest BCUT2D eigenvalue weighted by Gasteiger charge is -2.30. The average Bonchev–Trinajstić information content (AvgIpc) is 2.32. The molecule has 0 aromatic heterocycles. The smallest absolute Gasteiger partial charge is 0.337 e. The minimum Gasteiger partial charge on any atom is -0.478 e.